The lowest BCUT2D eigenvalue weighted by molar-refractivity contribution is -0.942. The zero-order valence-corrected chi connectivity index (χ0v) is 19.5. The van der Waals surface area contributed by atoms with E-state index in [0.29, 0.717) is 6.54 Å². The van der Waals surface area contributed by atoms with Crippen molar-refractivity contribution in [1.29, 1.82) is 0 Å². The van der Waals surface area contributed by atoms with Crippen LogP contribution in [0.1, 0.15) is 31.2 Å². The van der Waals surface area contributed by atoms with Gasteiger partial charge in [-0.15, -0.1) is 0 Å². The Balaban J connectivity index is 1.38. The molecular weight excluding hydrogens is 428 g/mol. The molecule has 6 heteroatoms. The molecule has 0 unspecified atom stereocenters. The maximum atomic E-state index is 11.0. The molecule has 3 aromatic rings. The molecule has 0 aromatic heterocycles. The van der Waals surface area contributed by atoms with Crippen molar-refractivity contribution < 1.29 is 19.2 Å². The lowest BCUT2D eigenvalue weighted by atomic mass is 10.1. The summed E-state index contributed by atoms with van der Waals surface area (Å²) in [6, 6.07) is 25.0. The molecule has 1 atom stereocenters. The Bertz CT molecular complexity index is 1040. The third-order valence-corrected chi connectivity index (χ3v) is 6.68. The second-order valence-electron chi connectivity index (χ2n) is 9.32. The summed E-state index contributed by atoms with van der Waals surface area (Å²) in [7, 11) is 0. The van der Waals surface area contributed by atoms with Gasteiger partial charge in [-0.2, -0.15) is 0 Å². The van der Waals surface area contributed by atoms with Crippen LogP contribution in [0.5, 0.6) is 5.75 Å². The molecule has 1 N–H and O–H groups in total. The Labute approximate surface area is 201 Å². The second kappa shape index (κ2) is 11.3. The number of aliphatic hydroxyl groups excluding tert-OH is 1. The van der Waals surface area contributed by atoms with Crippen LogP contribution in [0.2, 0.25) is 0 Å². The van der Waals surface area contributed by atoms with Gasteiger partial charge in [0.1, 0.15) is 31.5 Å². The second-order valence-corrected chi connectivity index (χ2v) is 9.32. The summed E-state index contributed by atoms with van der Waals surface area (Å²) in [6.07, 6.45) is 4.08. The predicted octanol–water partition coefficient (Wildman–Crippen LogP) is 5.59. The van der Waals surface area contributed by atoms with Gasteiger partial charge in [-0.3, -0.25) is 10.1 Å². The molecule has 1 saturated heterocycles. The van der Waals surface area contributed by atoms with Gasteiger partial charge in [0.05, 0.1) is 18.0 Å². The molecule has 4 rings (SSSR count). The number of likely N-dealkylation sites (tertiary alicyclic amines) is 1. The van der Waals surface area contributed by atoms with Crippen LogP contribution in [0.3, 0.4) is 0 Å². The number of aliphatic hydroxyl groups is 1. The number of quaternary nitrogens is 1. The highest BCUT2D eigenvalue weighted by molar-refractivity contribution is 5.63. The third-order valence-electron chi connectivity index (χ3n) is 6.68. The number of non-ortho nitro benzene ring substituents is 1. The molecule has 0 amide bonds. The Kier molecular flexibility index (Phi) is 7.93. The molecule has 178 valence electrons. The highest BCUT2D eigenvalue weighted by Gasteiger charge is 2.32. The number of ether oxygens (including phenoxy) is 1. The van der Waals surface area contributed by atoms with Crippen LogP contribution in [-0.2, 0) is 6.54 Å². The number of hydrogen-bond donors (Lipinski definition) is 1. The molecule has 6 nitrogen and oxygen atoms in total. The third kappa shape index (κ3) is 6.43. The van der Waals surface area contributed by atoms with Crippen molar-refractivity contribution in [3.8, 4) is 16.9 Å². The normalized spacial score (nSPS) is 16.4. The summed E-state index contributed by atoms with van der Waals surface area (Å²) in [5, 5.41) is 21.9. The van der Waals surface area contributed by atoms with Crippen molar-refractivity contribution in [2.45, 2.75) is 38.3 Å². The maximum absolute atomic E-state index is 11.0. The number of hydrogen-bond acceptors (Lipinski definition) is 4. The number of rotatable bonds is 9. The van der Waals surface area contributed by atoms with Crippen molar-refractivity contribution in [2.75, 3.05) is 26.2 Å². The van der Waals surface area contributed by atoms with E-state index in [1.807, 2.05) is 54.6 Å². The molecule has 0 aliphatic carbocycles. The molecule has 1 heterocycles. The van der Waals surface area contributed by atoms with Crippen molar-refractivity contribution in [2.24, 2.45) is 0 Å². The van der Waals surface area contributed by atoms with Crippen LogP contribution >= 0.6 is 0 Å². The van der Waals surface area contributed by atoms with Gasteiger partial charge in [0.2, 0.25) is 0 Å². The molecule has 1 fully saturated rings. The molecule has 0 saturated carbocycles. The van der Waals surface area contributed by atoms with Gasteiger partial charge < -0.3 is 14.3 Å². The lowest BCUT2D eigenvalue weighted by Gasteiger charge is -2.39. The molecule has 0 bridgehead atoms. The Morgan fingerprint density at radius 2 is 1.47 bits per heavy atom. The van der Waals surface area contributed by atoms with E-state index in [2.05, 4.69) is 12.1 Å². The smallest absolute Gasteiger partial charge is 0.269 e. The van der Waals surface area contributed by atoms with E-state index in [-0.39, 0.29) is 17.2 Å². The molecule has 0 radical (unpaired) electrons. The van der Waals surface area contributed by atoms with Crippen LogP contribution in [0.4, 0.5) is 5.69 Å². The van der Waals surface area contributed by atoms with Gasteiger partial charge >= 0.3 is 0 Å². The minimum absolute atomic E-state index is 0.109. The van der Waals surface area contributed by atoms with Crippen LogP contribution in [-0.4, -0.2) is 46.9 Å². The Morgan fingerprint density at radius 3 is 2.09 bits per heavy atom. The summed E-state index contributed by atoms with van der Waals surface area (Å²) in [4.78, 5) is 10.6. The fraction of sp³-hybridized carbons (Fsp3) is 0.357. The van der Waals surface area contributed by atoms with Crippen molar-refractivity contribution in [3.05, 3.63) is 94.5 Å². The van der Waals surface area contributed by atoms with E-state index in [1.165, 1.54) is 12.8 Å². The van der Waals surface area contributed by atoms with Gasteiger partial charge in [-0.1, -0.05) is 42.5 Å². The van der Waals surface area contributed by atoms with E-state index in [1.54, 1.807) is 12.1 Å². The summed E-state index contributed by atoms with van der Waals surface area (Å²) in [6.45, 7) is 3.62. The SMILES string of the molecule is O=[N+]([O-])c1ccc(C[N+]2(C[C@@H](O)COc3ccc(-c4ccccc4)cc3)CCCCCC2)cc1. The van der Waals surface area contributed by atoms with Crippen LogP contribution in [0.15, 0.2) is 78.9 Å². The minimum atomic E-state index is -0.593. The first kappa shape index (κ1) is 23.9. The van der Waals surface area contributed by atoms with E-state index < -0.39 is 6.10 Å². The maximum Gasteiger partial charge on any atom is 0.269 e. The monoisotopic (exact) mass is 461 g/mol. The highest BCUT2D eigenvalue weighted by Crippen LogP contribution is 2.25. The summed E-state index contributed by atoms with van der Waals surface area (Å²) < 4.78 is 6.72. The van der Waals surface area contributed by atoms with E-state index in [0.717, 1.165) is 59.4 Å². The first-order chi connectivity index (χ1) is 16.5. The first-order valence-electron chi connectivity index (χ1n) is 12.1. The molecule has 3 aromatic carbocycles. The van der Waals surface area contributed by atoms with Crippen LogP contribution in [0.25, 0.3) is 11.1 Å². The fourth-order valence-electron chi connectivity index (χ4n) is 4.94. The van der Waals surface area contributed by atoms with Gasteiger partial charge in [0.15, 0.2) is 0 Å². The van der Waals surface area contributed by atoms with Crippen molar-refractivity contribution >= 4 is 5.69 Å². The average Bonchev–Trinajstić information content (AvgIpc) is 3.09. The average molecular weight is 462 g/mol. The van der Waals surface area contributed by atoms with Crippen LogP contribution < -0.4 is 4.74 Å². The Hall–Kier alpha value is -3.22. The van der Waals surface area contributed by atoms with Crippen molar-refractivity contribution in [1.82, 2.24) is 0 Å². The number of nitro groups is 1. The summed E-state index contributed by atoms with van der Waals surface area (Å²) >= 11 is 0. The molecule has 0 spiro atoms. The van der Waals surface area contributed by atoms with Gasteiger partial charge in [0, 0.05) is 17.7 Å². The van der Waals surface area contributed by atoms with E-state index in [9.17, 15) is 15.2 Å². The molecule has 1 aliphatic heterocycles. The first-order valence-corrected chi connectivity index (χ1v) is 12.1. The molecular formula is C28H33N2O4+. The zero-order chi connectivity index (χ0) is 23.8. The van der Waals surface area contributed by atoms with Gasteiger partial charge in [0.25, 0.3) is 5.69 Å². The standard InChI is InChI=1S/C28H33N2O4/c31-27(22-34-28-16-12-25(13-17-28)24-8-4-3-5-9-24)21-30(18-6-1-2-7-19-30)20-23-10-14-26(15-11-23)29(32)33/h3-5,8-17,27,31H,1-2,6-7,18-22H2/q+1/t27-/m1/s1. The van der Waals surface area contributed by atoms with Gasteiger partial charge in [-0.05, 0) is 61.1 Å². The number of nitro benzene ring substituents is 1. The summed E-state index contributed by atoms with van der Waals surface area (Å²) in [5.41, 5.74) is 3.47. The quantitative estimate of drug-likeness (QED) is 0.256. The minimum Gasteiger partial charge on any atom is -0.491 e. The molecule has 34 heavy (non-hydrogen) atoms. The molecule has 1 aliphatic rings. The fourth-order valence-corrected chi connectivity index (χ4v) is 4.94. The van der Waals surface area contributed by atoms with E-state index >= 15 is 0 Å². The Morgan fingerprint density at radius 1 is 0.853 bits per heavy atom. The lowest BCUT2D eigenvalue weighted by Crippen LogP contribution is -2.53. The highest BCUT2D eigenvalue weighted by atomic mass is 16.6. The topological polar surface area (TPSA) is 72.6 Å². The van der Waals surface area contributed by atoms with Crippen LogP contribution in [0, 0.1) is 10.1 Å². The van der Waals surface area contributed by atoms with Gasteiger partial charge in [-0.25, -0.2) is 0 Å². The largest absolute Gasteiger partial charge is 0.491 e. The van der Waals surface area contributed by atoms with E-state index in [4.69, 9.17) is 4.74 Å². The van der Waals surface area contributed by atoms with Crippen molar-refractivity contribution in [3.63, 3.8) is 0 Å². The zero-order valence-electron chi connectivity index (χ0n) is 19.5. The predicted molar refractivity (Wildman–Crippen MR) is 134 cm³/mol. The number of nitrogens with zero attached hydrogens (tertiary/aromatic N) is 2. The number of benzene rings is 3. The summed E-state index contributed by atoms with van der Waals surface area (Å²) in [5.74, 6) is 0.747.